The molecule has 0 bridgehead atoms. The van der Waals surface area contributed by atoms with Gasteiger partial charge in [0.1, 0.15) is 0 Å². The van der Waals surface area contributed by atoms with E-state index in [0.717, 1.165) is 5.56 Å². The lowest BCUT2D eigenvalue weighted by molar-refractivity contribution is -0.114. The smallest absolute Gasteiger partial charge is 0.163 e. The quantitative estimate of drug-likeness (QED) is 0.538. The van der Waals surface area contributed by atoms with E-state index in [1.807, 2.05) is 30.3 Å². The topological polar surface area (TPSA) is 26.3 Å². The molecule has 0 aliphatic heterocycles. The van der Waals surface area contributed by atoms with E-state index in [9.17, 15) is 4.79 Å². The standard InChI is InChI=1S/C12H14O2/c1-10(14-2)8-12(13)9-11-6-4-3-5-7-11/h3-8H,9H2,1-2H3. The van der Waals surface area contributed by atoms with Gasteiger partial charge >= 0.3 is 0 Å². The zero-order chi connectivity index (χ0) is 10.4. The molecule has 0 heterocycles. The second kappa shape index (κ2) is 5.22. The lowest BCUT2D eigenvalue weighted by atomic mass is 10.1. The summed E-state index contributed by atoms with van der Waals surface area (Å²) in [5, 5.41) is 0. The molecule has 0 radical (unpaired) electrons. The number of methoxy groups -OCH3 is 1. The Kier molecular flexibility index (Phi) is 3.92. The van der Waals surface area contributed by atoms with Gasteiger partial charge in [-0.15, -0.1) is 0 Å². The maximum atomic E-state index is 11.4. The molecule has 14 heavy (non-hydrogen) atoms. The highest BCUT2D eigenvalue weighted by Crippen LogP contribution is 2.02. The highest BCUT2D eigenvalue weighted by Gasteiger charge is 2.00. The van der Waals surface area contributed by atoms with E-state index in [4.69, 9.17) is 4.74 Å². The average molecular weight is 190 g/mol. The Balaban J connectivity index is 2.58. The summed E-state index contributed by atoms with van der Waals surface area (Å²) in [6.07, 6.45) is 1.95. The van der Waals surface area contributed by atoms with Gasteiger partial charge in [-0.2, -0.15) is 0 Å². The van der Waals surface area contributed by atoms with Gasteiger partial charge < -0.3 is 4.74 Å². The zero-order valence-corrected chi connectivity index (χ0v) is 8.49. The predicted octanol–water partition coefficient (Wildman–Crippen LogP) is 2.35. The zero-order valence-electron chi connectivity index (χ0n) is 8.49. The molecule has 1 aromatic carbocycles. The Labute approximate surface area is 84.2 Å². The molecule has 0 unspecified atom stereocenters. The maximum Gasteiger partial charge on any atom is 0.163 e. The summed E-state index contributed by atoms with van der Waals surface area (Å²) in [4.78, 5) is 11.4. The number of carbonyl (C=O) groups is 1. The van der Waals surface area contributed by atoms with Crippen molar-refractivity contribution in [3.05, 3.63) is 47.7 Å². The minimum absolute atomic E-state index is 0.0653. The van der Waals surface area contributed by atoms with E-state index in [1.54, 1.807) is 14.0 Å². The molecule has 0 amide bonds. The summed E-state index contributed by atoms with van der Waals surface area (Å²) in [5.41, 5.74) is 1.03. The molecule has 0 N–H and O–H groups in total. The molecule has 0 atom stereocenters. The first kappa shape index (κ1) is 10.5. The SMILES string of the molecule is COC(C)=CC(=O)Cc1ccccc1. The Hall–Kier alpha value is -1.57. The van der Waals surface area contributed by atoms with Crippen LogP contribution in [0.1, 0.15) is 12.5 Å². The van der Waals surface area contributed by atoms with Crippen LogP contribution in [0.25, 0.3) is 0 Å². The van der Waals surface area contributed by atoms with Crippen LogP contribution < -0.4 is 0 Å². The molecule has 0 saturated heterocycles. The third kappa shape index (κ3) is 3.44. The third-order valence-corrected chi connectivity index (χ3v) is 1.91. The fraction of sp³-hybridized carbons (Fsp3) is 0.250. The first-order chi connectivity index (χ1) is 6.72. The van der Waals surface area contributed by atoms with E-state index >= 15 is 0 Å². The average Bonchev–Trinajstić information content (AvgIpc) is 2.19. The van der Waals surface area contributed by atoms with E-state index in [0.29, 0.717) is 12.2 Å². The molecule has 0 aromatic heterocycles. The maximum absolute atomic E-state index is 11.4. The lowest BCUT2D eigenvalue weighted by Crippen LogP contribution is -1.99. The summed E-state index contributed by atoms with van der Waals surface area (Å²) < 4.78 is 4.90. The van der Waals surface area contributed by atoms with Crippen LogP contribution in [0.5, 0.6) is 0 Å². The molecule has 0 fully saturated rings. The molecular weight excluding hydrogens is 176 g/mol. The number of allylic oxidation sites excluding steroid dienone is 2. The number of ether oxygens (including phenoxy) is 1. The minimum Gasteiger partial charge on any atom is -0.501 e. The van der Waals surface area contributed by atoms with Crippen molar-refractivity contribution in [3.63, 3.8) is 0 Å². The van der Waals surface area contributed by atoms with Gasteiger partial charge in [0.25, 0.3) is 0 Å². The van der Waals surface area contributed by atoms with Crippen molar-refractivity contribution < 1.29 is 9.53 Å². The van der Waals surface area contributed by atoms with Crippen LogP contribution in [0.15, 0.2) is 42.2 Å². The van der Waals surface area contributed by atoms with Gasteiger partial charge in [0.15, 0.2) is 5.78 Å². The van der Waals surface area contributed by atoms with Crippen molar-refractivity contribution >= 4 is 5.78 Å². The van der Waals surface area contributed by atoms with Crippen molar-refractivity contribution in [2.45, 2.75) is 13.3 Å². The second-order valence-corrected chi connectivity index (χ2v) is 3.09. The molecule has 74 valence electrons. The number of hydrogen-bond donors (Lipinski definition) is 0. The fourth-order valence-corrected chi connectivity index (χ4v) is 1.13. The summed E-state index contributed by atoms with van der Waals surface area (Å²) in [5.74, 6) is 0.710. The fourth-order valence-electron chi connectivity index (χ4n) is 1.13. The molecule has 0 spiro atoms. The molecule has 1 rings (SSSR count). The third-order valence-electron chi connectivity index (χ3n) is 1.91. The van der Waals surface area contributed by atoms with Gasteiger partial charge in [0.2, 0.25) is 0 Å². The molecule has 2 heteroatoms. The molecule has 0 aliphatic rings. The van der Waals surface area contributed by atoms with Crippen molar-refractivity contribution in [1.82, 2.24) is 0 Å². The van der Waals surface area contributed by atoms with Crippen molar-refractivity contribution in [2.24, 2.45) is 0 Å². The Morgan fingerprint density at radius 1 is 1.36 bits per heavy atom. The largest absolute Gasteiger partial charge is 0.501 e. The normalized spacial score (nSPS) is 11.1. The van der Waals surface area contributed by atoms with E-state index in [-0.39, 0.29) is 5.78 Å². The van der Waals surface area contributed by atoms with Crippen molar-refractivity contribution in [2.75, 3.05) is 7.11 Å². The summed E-state index contributed by atoms with van der Waals surface area (Å²) in [6.45, 7) is 1.77. The van der Waals surface area contributed by atoms with E-state index in [1.165, 1.54) is 6.08 Å². The van der Waals surface area contributed by atoms with Crippen LogP contribution in [0.2, 0.25) is 0 Å². The highest BCUT2D eigenvalue weighted by atomic mass is 16.5. The van der Waals surface area contributed by atoms with E-state index in [2.05, 4.69) is 0 Å². The number of hydrogen-bond acceptors (Lipinski definition) is 2. The van der Waals surface area contributed by atoms with Crippen LogP contribution in [-0.2, 0) is 16.0 Å². The van der Waals surface area contributed by atoms with Crippen LogP contribution in [0, 0.1) is 0 Å². The summed E-state index contributed by atoms with van der Waals surface area (Å²) >= 11 is 0. The lowest BCUT2D eigenvalue weighted by Gasteiger charge is -1.99. The number of carbonyl (C=O) groups excluding carboxylic acids is 1. The number of benzene rings is 1. The monoisotopic (exact) mass is 190 g/mol. The van der Waals surface area contributed by atoms with Gasteiger partial charge in [0.05, 0.1) is 12.9 Å². The first-order valence-electron chi connectivity index (χ1n) is 4.51. The van der Waals surface area contributed by atoms with Crippen LogP contribution in [0.4, 0.5) is 0 Å². The van der Waals surface area contributed by atoms with Crippen LogP contribution in [0.3, 0.4) is 0 Å². The van der Waals surface area contributed by atoms with Gasteiger partial charge in [-0.05, 0) is 12.5 Å². The molecule has 0 aliphatic carbocycles. The van der Waals surface area contributed by atoms with E-state index < -0.39 is 0 Å². The molecule has 1 aromatic rings. The molecular formula is C12H14O2. The second-order valence-electron chi connectivity index (χ2n) is 3.09. The highest BCUT2D eigenvalue weighted by molar-refractivity contribution is 5.91. The van der Waals surface area contributed by atoms with Crippen LogP contribution >= 0.6 is 0 Å². The summed E-state index contributed by atoms with van der Waals surface area (Å²) in [6, 6.07) is 9.66. The minimum atomic E-state index is 0.0653. The van der Waals surface area contributed by atoms with Crippen molar-refractivity contribution in [3.8, 4) is 0 Å². The predicted molar refractivity (Wildman–Crippen MR) is 55.9 cm³/mol. The molecule has 2 nitrogen and oxygen atoms in total. The van der Waals surface area contributed by atoms with Gasteiger partial charge in [-0.1, -0.05) is 30.3 Å². The first-order valence-corrected chi connectivity index (χ1v) is 4.51. The number of rotatable bonds is 4. The Bertz CT molecular complexity index is 325. The summed E-state index contributed by atoms with van der Waals surface area (Å²) in [7, 11) is 1.56. The number of ketones is 1. The Morgan fingerprint density at radius 3 is 2.57 bits per heavy atom. The van der Waals surface area contributed by atoms with Gasteiger partial charge in [-0.25, -0.2) is 0 Å². The van der Waals surface area contributed by atoms with Gasteiger partial charge in [-0.3, -0.25) is 4.79 Å². The van der Waals surface area contributed by atoms with Crippen LogP contribution in [-0.4, -0.2) is 12.9 Å². The van der Waals surface area contributed by atoms with Gasteiger partial charge in [0, 0.05) is 12.5 Å². The Morgan fingerprint density at radius 2 is 2.00 bits per heavy atom. The van der Waals surface area contributed by atoms with Crippen molar-refractivity contribution in [1.29, 1.82) is 0 Å². The molecule has 0 saturated carbocycles.